The van der Waals surface area contributed by atoms with Gasteiger partial charge in [0.05, 0.1) is 4.90 Å². The van der Waals surface area contributed by atoms with Crippen molar-refractivity contribution in [3.63, 3.8) is 0 Å². The summed E-state index contributed by atoms with van der Waals surface area (Å²) in [4.78, 5) is 10.5. The lowest BCUT2D eigenvalue weighted by Crippen LogP contribution is -2.22. The molecule has 1 aromatic carbocycles. The van der Waals surface area contributed by atoms with Crippen LogP contribution in [0.1, 0.15) is 12.8 Å². The van der Waals surface area contributed by atoms with Crippen LogP contribution in [-0.4, -0.2) is 31.5 Å². The second kappa shape index (κ2) is 6.21. The summed E-state index contributed by atoms with van der Waals surface area (Å²) in [5, 5.41) is 0.192. The molecule has 1 fully saturated rings. The number of halogens is 1. The van der Waals surface area contributed by atoms with E-state index in [0.717, 1.165) is 25.9 Å². The highest BCUT2D eigenvalue weighted by molar-refractivity contribution is 7.92. The van der Waals surface area contributed by atoms with Gasteiger partial charge in [0.2, 0.25) is 5.95 Å². The van der Waals surface area contributed by atoms with E-state index < -0.39 is 10.0 Å². The van der Waals surface area contributed by atoms with Gasteiger partial charge in [-0.25, -0.2) is 13.4 Å². The molecule has 0 radical (unpaired) electrons. The third-order valence-electron chi connectivity index (χ3n) is 3.50. The van der Waals surface area contributed by atoms with Crippen molar-refractivity contribution in [3.05, 3.63) is 35.5 Å². The molecular formula is C14H16ClN5O2S. The number of sulfonamides is 1. The van der Waals surface area contributed by atoms with E-state index in [1.54, 1.807) is 0 Å². The van der Waals surface area contributed by atoms with Crippen molar-refractivity contribution in [1.82, 2.24) is 9.97 Å². The van der Waals surface area contributed by atoms with Crippen LogP contribution in [0.5, 0.6) is 0 Å². The Hall–Kier alpha value is -2.06. The number of nitrogens with one attached hydrogen (secondary N) is 1. The molecule has 3 rings (SSSR count). The van der Waals surface area contributed by atoms with Gasteiger partial charge >= 0.3 is 0 Å². The molecule has 2 heterocycles. The maximum atomic E-state index is 12.4. The average molecular weight is 354 g/mol. The first-order chi connectivity index (χ1) is 10.9. The minimum Gasteiger partial charge on any atom is -0.399 e. The Morgan fingerprint density at radius 1 is 1.13 bits per heavy atom. The Morgan fingerprint density at radius 3 is 2.43 bits per heavy atom. The van der Waals surface area contributed by atoms with Gasteiger partial charge in [-0.05, 0) is 37.1 Å². The number of benzene rings is 1. The summed E-state index contributed by atoms with van der Waals surface area (Å²) < 4.78 is 27.2. The Bertz CT molecular complexity index is 804. The van der Waals surface area contributed by atoms with E-state index in [-0.39, 0.29) is 15.9 Å². The van der Waals surface area contributed by atoms with E-state index in [2.05, 4.69) is 14.7 Å². The molecular weight excluding hydrogens is 338 g/mol. The summed E-state index contributed by atoms with van der Waals surface area (Å²) in [5.74, 6) is 0.578. The summed E-state index contributed by atoms with van der Waals surface area (Å²) in [7, 11) is -3.76. The summed E-state index contributed by atoms with van der Waals surface area (Å²) in [5.41, 5.74) is 6.06. The predicted octanol–water partition coefficient (Wildman–Crippen LogP) is 2.11. The Balaban J connectivity index is 1.88. The molecule has 1 aliphatic heterocycles. The summed E-state index contributed by atoms with van der Waals surface area (Å²) in [6.45, 7) is 1.68. The first-order valence-corrected chi connectivity index (χ1v) is 8.98. The lowest BCUT2D eigenvalue weighted by atomic mass is 10.3. The molecule has 0 bridgehead atoms. The molecule has 2 aromatic rings. The minimum atomic E-state index is -3.76. The van der Waals surface area contributed by atoms with E-state index in [0.29, 0.717) is 11.6 Å². The fourth-order valence-corrected chi connectivity index (χ4v) is 3.53. The summed E-state index contributed by atoms with van der Waals surface area (Å²) in [6, 6.07) is 7.30. The minimum absolute atomic E-state index is 0.101. The molecule has 3 N–H and O–H groups in total. The number of nitrogens with two attached hydrogens (primary N) is 1. The van der Waals surface area contributed by atoms with E-state index in [1.165, 1.54) is 30.3 Å². The molecule has 1 aromatic heterocycles. The summed E-state index contributed by atoms with van der Waals surface area (Å²) in [6.07, 6.45) is 2.12. The van der Waals surface area contributed by atoms with Gasteiger partial charge in [-0.15, -0.1) is 0 Å². The number of nitrogen functional groups attached to an aromatic ring is 1. The zero-order valence-electron chi connectivity index (χ0n) is 12.2. The first kappa shape index (κ1) is 15.8. The third kappa shape index (κ3) is 3.65. The zero-order chi connectivity index (χ0) is 16.4. The SMILES string of the molecule is Nc1ccc(S(=O)(=O)Nc2cc(Cl)nc(N3CCCC3)n2)cc1. The Kier molecular flexibility index (Phi) is 4.27. The molecule has 0 spiro atoms. The van der Waals surface area contributed by atoms with Crippen molar-refractivity contribution >= 4 is 39.1 Å². The molecule has 0 unspecified atom stereocenters. The van der Waals surface area contributed by atoms with Crippen LogP contribution < -0.4 is 15.4 Å². The quantitative estimate of drug-likeness (QED) is 0.644. The summed E-state index contributed by atoms with van der Waals surface area (Å²) >= 11 is 5.99. The van der Waals surface area contributed by atoms with Gasteiger partial charge in [0.25, 0.3) is 10.0 Å². The zero-order valence-corrected chi connectivity index (χ0v) is 13.8. The highest BCUT2D eigenvalue weighted by Crippen LogP contribution is 2.23. The van der Waals surface area contributed by atoms with Crippen molar-refractivity contribution in [2.75, 3.05) is 28.4 Å². The monoisotopic (exact) mass is 353 g/mol. The van der Waals surface area contributed by atoms with Gasteiger partial charge in [0.15, 0.2) is 0 Å². The van der Waals surface area contributed by atoms with Gasteiger partial charge in [-0.3, -0.25) is 4.72 Å². The maximum Gasteiger partial charge on any atom is 0.263 e. The van der Waals surface area contributed by atoms with Gasteiger partial charge in [-0.2, -0.15) is 4.98 Å². The topological polar surface area (TPSA) is 101 Å². The van der Waals surface area contributed by atoms with Crippen LogP contribution in [0.4, 0.5) is 17.5 Å². The number of hydrogen-bond acceptors (Lipinski definition) is 6. The highest BCUT2D eigenvalue weighted by Gasteiger charge is 2.19. The molecule has 0 saturated carbocycles. The van der Waals surface area contributed by atoms with E-state index in [9.17, 15) is 8.42 Å². The molecule has 7 nitrogen and oxygen atoms in total. The van der Waals surface area contributed by atoms with Crippen LogP contribution in [0.3, 0.4) is 0 Å². The van der Waals surface area contributed by atoms with Gasteiger partial charge in [0, 0.05) is 24.8 Å². The van der Waals surface area contributed by atoms with Gasteiger partial charge in [0.1, 0.15) is 11.0 Å². The molecule has 9 heteroatoms. The van der Waals surface area contributed by atoms with Crippen molar-refractivity contribution in [1.29, 1.82) is 0 Å². The molecule has 1 saturated heterocycles. The lowest BCUT2D eigenvalue weighted by Gasteiger charge is -2.16. The van der Waals surface area contributed by atoms with E-state index in [4.69, 9.17) is 17.3 Å². The average Bonchev–Trinajstić information content (AvgIpc) is 3.00. The van der Waals surface area contributed by atoms with E-state index in [1.807, 2.05) is 4.90 Å². The van der Waals surface area contributed by atoms with Crippen LogP contribution in [-0.2, 0) is 10.0 Å². The van der Waals surface area contributed by atoms with E-state index >= 15 is 0 Å². The normalized spacial score (nSPS) is 14.9. The van der Waals surface area contributed by atoms with Crippen LogP contribution in [0.2, 0.25) is 5.15 Å². The van der Waals surface area contributed by atoms with Crippen molar-refractivity contribution < 1.29 is 8.42 Å². The fraction of sp³-hybridized carbons (Fsp3) is 0.286. The highest BCUT2D eigenvalue weighted by atomic mass is 35.5. The largest absolute Gasteiger partial charge is 0.399 e. The number of hydrogen-bond donors (Lipinski definition) is 2. The Labute approximate surface area is 139 Å². The molecule has 0 atom stereocenters. The molecule has 0 amide bonds. The molecule has 1 aliphatic rings. The molecule has 122 valence electrons. The van der Waals surface area contributed by atoms with Gasteiger partial charge < -0.3 is 10.6 Å². The number of anilines is 3. The number of nitrogens with zero attached hydrogens (tertiary/aromatic N) is 3. The van der Waals surface area contributed by atoms with Crippen LogP contribution in [0.15, 0.2) is 35.2 Å². The number of aromatic nitrogens is 2. The maximum absolute atomic E-state index is 12.4. The molecule has 0 aliphatic carbocycles. The van der Waals surface area contributed by atoms with Crippen LogP contribution in [0.25, 0.3) is 0 Å². The van der Waals surface area contributed by atoms with Crippen molar-refractivity contribution in [3.8, 4) is 0 Å². The van der Waals surface area contributed by atoms with Crippen LogP contribution in [0, 0.1) is 0 Å². The Morgan fingerprint density at radius 2 is 1.78 bits per heavy atom. The lowest BCUT2D eigenvalue weighted by molar-refractivity contribution is 0.601. The first-order valence-electron chi connectivity index (χ1n) is 7.12. The van der Waals surface area contributed by atoms with Crippen LogP contribution >= 0.6 is 11.6 Å². The third-order valence-corrected chi connectivity index (χ3v) is 5.07. The predicted molar refractivity (Wildman–Crippen MR) is 90.2 cm³/mol. The van der Waals surface area contributed by atoms with Gasteiger partial charge in [-0.1, -0.05) is 11.6 Å². The van der Waals surface area contributed by atoms with Crippen molar-refractivity contribution in [2.24, 2.45) is 0 Å². The van der Waals surface area contributed by atoms with Crippen molar-refractivity contribution in [2.45, 2.75) is 17.7 Å². The fourth-order valence-electron chi connectivity index (χ4n) is 2.36. The molecule has 23 heavy (non-hydrogen) atoms. The second-order valence-corrected chi connectivity index (χ2v) is 7.31. The standard InChI is InChI=1S/C14H16ClN5O2S/c15-12-9-13(18-14(17-12)20-7-1-2-8-20)19-23(21,22)11-5-3-10(16)4-6-11/h3-6,9H,1-2,7-8,16H2,(H,17,18,19). The number of rotatable bonds is 4. The smallest absolute Gasteiger partial charge is 0.263 e. The second-order valence-electron chi connectivity index (χ2n) is 5.24.